The molecule has 0 saturated heterocycles. The van der Waals surface area contributed by atoms with E-state index in [2.05, 4.69) is 4.98 Å². The third-order valence-corrected chi connectivity index (χ3v) is 3.04. The van der Waals surface area contributed by atoms with Crippen LogP contribution in [0.15, 0.2) is 42.7 Å². The van der Waals surface area contributed by atoms with E-state index in [1.54, 1.807) is 25.4 Å². The monoisotopic (exact) mass is 259 g/mol. The highest BCUT2D eigenvalue weighted by molar-refractivity contribution is 5.55. The minimum absolute atomic E-state index is 0.259. The second-order valence-electron chi connectivity index (χ2n) is 4.68. The average Bonchev–Trinajstić information content (AvgIpc) is 2.39. The van der Waals surface area contributed by atoms with Crippen LogP contribution in [0.1, 0.15) is 24.1 Å². The molecule has 0 unspecified atom stereocenters. The Labute approximate surface area is 112 Å². The molecule has 19 heavy (non-hydrogen) atoms. The maximum Gasteiger partial charge on any atom is 0.130 e. The molecule has 0 bridgehead atoms. The van der Waals surface area contributed by atoms with Gasteiger partial charge in [-0.1, -0.05) is 12.1 Å². The third-order valence-electron chi connectivity index (χ3n) is 3.04. The number of rotatable bonds is 4. The summed E-state index contributed by atoms with van der Waals surface area (Å²) in [4.78, 5) is 6.07. The summed E-state index contributed by atoms with van der Waals surface area (Å²) >= 11 is 0. The van der Waals surface area contributed by atoms with E-state index in [1.807, 2.05) is 30.1 Å². The predicted octanol–water partition coefficient (Wildman–Crippen LogP) is 2.88. The first-order chi connectivity index (χ1) is 9.09. The minimum atomic E-state index is -0.340. The second-order valence-corrected chi connectivity index (χ2v) is 4.68. The summed E-state index contributed by atoms with van der Waals surface area (Å²) in [6.45, 7) is 2.46. The summed E-state index contributed by atoms with van der Waals surface area (Å²) in [7, 11) is 1.92. The number of hydrogen-bond acceptors (Lipinski definition) is 3. The molecular formula is C15H18FN3. The van der Waals surface area contributed by atoms with Gasteiger partial charge >= 0.3 is 0 Å². The van der Waals surface area contributed by atoms with Crippen molar-refractivity contribution in [3.63, 3.8) is 0 Å². The molecule has 0 aliphatic rings. The van der Waals surface area contributed by atoms with Gasteiger partial charge in [0.2, 0.25) is 0 Å². The van der Waals surface area contributed by atoms with Crippen molar-refractivity contribution >= 4 is 5.69 Å². The predicted molar refractivity (Wildman–Crippen MR) is 75.3 cm³/mol. The zero-order valence-corrected chi connectivity index (χ0v) is 11.2. The van der Waals surface area contributed by atoms with Crippen molar-refractivity contribution in [2.45, 2.75) is 19.5 Å². The number of hydrogen-bond donors (Lipinski definition) is 1. The largest absolute Gasteiger partial charge is 0.370 e. The number of anilines is 1. The Morgan fingerprint density at radius 2 is 2.11 bits per heavy atom. The number of aromatic nitrogens is 1. The maximum absolute atomic E-state index is 13.9. The van der Waals surface area contributed by atoms with Gasteiger partial charge in [-0.3, -0.25) is 4.98 Å². The van der Waals surface area contributed by atoms with E-state index in [9.17, 15) is 4.39 Å². The molecule has 0 radical (unpaired) electrons. The molecule has 0 spiro atoms. The SMILES string of the molecule is C[C@H](N)c1c(F)cccc1N(C)Cc1cccnc1. The van der Waals surface area contributed by atoms with Crippen LogP contribution in [0.3, 0.4) is 0 Å². The molecule has 1 aromatic heterocycles. The van der Waals surface area contributed by atoms with Crippen molar-refractivity contribution in [2.75, 3.05) is 11.9 Å². The van der Waals surface area contributed by atoms with Crippen molar-refractivity contribution in [3.8, 4) is 0 Å². The van der Waals surface area contributed by atoms with Crippen molar-refractivity contribution in [1.82, 2.24) is 4.98 Å². The molecule has 100 valence electrons. The lowest BCUT2D eigenvalue weighted by Crippen LogP contribution is -2.21. The number of halogens is 1. The van der Waals surface area contributed by atoms with Gasteiger partial charge in [0.1, 0.15) is 5.82 Å². The summed E-state index contributed by atoms with van der Waals surface area (Å²) in [5.41, 5.74) is 8.31. The molecule has 0 aliphatic carbocycles. The Morgan fingerprint density at radius 1 is 1.32 bits per heavy atom. The first-order valence-electron chi connectivity index (χ1n) is 6.23. The van der Waals surface area contributed by atoms with Gasteiger partial charge in [0.25, 0.3) is 0 Å². The van der Waals surface area contributed by atoms with Crippen LogP contribution in [-0.2, 0) is 6.54 Å². The van der Waals surface area contributed by atoms with E-state index >= 15 is 0 Å². The molecular weight excluding hydrogens is 241 g/mol. The van der Waals surface area contributed by atoms with Crippen molar-refractivity contribution in [2.24, 2.45) is 5.73 Å². The van der Waals surface area contributed by atoms with Crippen LogP contribution < -0.4 is 10.6 Å². The molecule has 1 aromatic carbocycles. The number of nitrogens with zero attached hydrogens (tertiary/aromatic N) is 2. The van der Waals surface area contributed by atoms with E-state index in [1.165, 1.54) is 6.07 Å². The quantitative estimate of drug-likeness (QED) is 0.918. The molecule has 0 fully saturated rings. The Hall–Kier alpha value is -1.94. The smallest absolute Gasteiger partial charge is 0.130 e. The molecule has 2 N–H and O–H groups in total. The summed E-state index contributed by atoms with van der Waals surface area (Å²) in [5, 5.41) is 0. The molecule has 2 rings (SSSR count). The zero-order valence-electron chi connectivity index (χ0n) is 11.2. The number of pyridine rings is 1. The Bertz CT molecular complexity index is 540. The second kappa shape index (κ2) is 5.80. The van der Waals surface area contributed by atoms with E-state index in [0.29, 0.717) is 12.1 Å². The van der Waals surface area contributed by atoms with E-state index in [-0.39, 0.29) is 11.9 Å². The number of nitrogens with two attached hydrogens (primary N) is 1. The maximum atomic E-state index is 13.9. The first-order valence-corrected chi connectivity index (χ1v) is 6.23. The van der Waals surface area contributed by atoms with Gasteiger partial charge in [0, 0.05) is 43.3 Å². The van der Waals surface area contributed by atoms with Gasteiger partial charge in [0.15, 0.2) is 0 Å². The standard InChI is InChI=1S/C15H18FN3/c1-11(17)15-13(16)6-3-7-14(15)19(2)10-12-5-4-8-18-9-12/h3-9,11H,10,17H2,1-2H3/t11-/m0/s1. The van der Waals surface area contributed by atoms with Gasteiger partial charge in [-0.15, -0.1) is 0 Å². The van der Waals surface area contributed by atoms with Gasteiger partial charge in [-0.05, 0) is 30.7 Å². The molecule has 0 aliphatic heterocycles. The van der Waals surface area contributed by atoms with Crippen molar-refractivity contribution in [1.29, 1.82) is 0 Å². The fourth-order valence-electron chi connectivity index (χ4n) is 2.16. The highest BCUT2D eigenvalue weighted by Crippen LogP contribution is 2.27. The van der Waals surface area contributed by atoms with Crippen molar-refractivity contribution in [3.05, 3.63) is 59.7 Å². The van der Waals surface area contributed by atoms with E-state index in [4.69, 9.17) is 5.73 Å². The van der Waals surface area contributed by atoms with Crippen LogP contribution in [0.5, 0.6) is 0 Å². The fraction of sp³-hybridized carbons (Fsp3) is 0.267. The summed E-state index contributed by atoms with van der Waals surface area (Å²) in [5.74, 6) is -0.259. The molecule has 0 saturated carbocycles. The zero-order chi connectivity index (χ0) is 13.8. The summed E-state index contributed by atoms with van der Waals surface area (Å²) < 4.78 is 13.9. The molecule has 1 heterocycles. The summed E-state index contributed by atoms with van der Waals surface area (Å²) in [6.07, 6.45) is 3.54. The number of benzene rings is 1. The lowest BCUT2D eigenvalue weighted by molar-refractivity contribution is 0.592. The van der Waals surface area contributed by atoms with Gasteiger partial charge in [-0.25, -0.2) is 4.39 Å². The van der Waals surface area contributed by atoms with Gasteiger partial charge in [-0.2, -0.15) is 0 Å². The van der Waals surface area contributed by atoms with Crippen LogP contribution >= 0.6 is 0 Å². The van der Waals surface area contributed by atoms with Crippen LogP contribution in [-0.4, -0.2) is 12.0 Å². The molecule has 1 atom stereocenters. The minimum Gasteiger partial charge on any atom is -0.370 e. The average molecular weight is 259 g/mol. The van der Waals surface area contributed by atoms with Crippen LogP contribution in [0, 0.1) is 5.82 Å². The Morgan fingerprint density at radius 3 is 2.74 bits per heavy atom. The first kappa shape index (κ1) is 13.5. The van der Waals surface area contributed by atoms with Crippen LogP contribution in [0.25, 0.3) is 0 Å². The van der Waals surface area contributed by atoms with Crippen LogP contribution in [0.2, 0.25) is 0 Å². The molecule has 2 aromatic rings. The van der Waals surface area contributed by atoms with E-state index in [0.717, 1.165) is 11.3 Å². The molecule has 3 nitrogen and oxygen atoms in total. The molecule has 0 amide bonds. The van der Waals surface area contributed by atoms with Gasteiger partial charge in [0.05, 0.1) is 0 Å². The highest BCUT2D eigenvalue weighted by Gasteiger charge is 2.15. The Kier molecular flexibility index (Phi) is 4.12. The normalized spacial score (nSPS) is 12.2. The Balaban J connectivity index is 2.29. The topological polar surface area (TPSA) is 42.1 Å². The lowest BCUT2D eigenvalue weighted by Gasteiger charge is -2.24. The fourth-order valence-corrected chi connectivity index (χ4v) is 2.16. The summed E-state index contributed by atoms with van der Waals surface area (Å²) in [6, 6.07) is 8.58. The lowest BCUT2D eigenvalue weighted by atomic mass is 10.0. The van der Waals surface area contributed by atoms with Crippen molar-refractivity contribution < 1.29 is 4.39 Å². The van der Waals surface area contributed by atoms with E-state index < -0.39 is 0 Å². The third kappa shape index (κ3) is 3.09. The molecule has 4 heteroatoms. The highest BCUT2D eigenvalue weighted by atomic mass is 19.1. The van der Waals surface area contributed by atoms with Gasteiger partial charge < -0.3 is 10.6 Å². The van der Waals surface area contributed by atoms with Crippen LogP contribution in [0.4, 0.5) is 10.1 Å².